The van der Waals surface area contributed by atoms with E-state index in [9.17, 15) is 4.79 Å². The molecule has 0 saturated carbocycles. The van der Waals surface area contributed by atoms with E-state index in [-0.39, 0.29) is 12.5 Å². The summed E-state index contributed by atoms with van der Waals surface area (Å²) in [6.45, 7) is 3.16. The average molecular weight is 375 g/mol. The Morgan fingerprint density at radius 3 is 2.81 bits per heavy atom. The number of carbonyl (C=O) groups is 1. The van der Waals surface area contributed by atoms with Crippen LogP contribution >= 0.6 is 11.3 Å². The topological polar surface area (TPSA) is 72.4 Å². The first-order valence-electron chi connectivity index (χ1n) is 8.26. The maximum atomic E-state index is 11.8. The van der Waals surface area contributed by atoms with Gasteiger partial charge in [-0.25, -0.2) is 5.43 Å². The van der Waals surface area contributed by atoms with E-state index in [1.165, 1.54) is 5.00 Å². The van der Waals surface area contributed by atoms with Crippen LogP contribution in [0.4, 0.5) is 5.00 Å². The summed E-state index contributed by atoms with van der Waals surface area (Å²) >= 11 is 1.63. The molecule has 0 spiro atoms. The average Bonchev–Trinajstić information content (AvgIpc) is 3.16. The van der Waals surface area contributed by atoms with Gasteiger partial charge >= 0.3 is 0 Å². The summed E-state index contributed by atoms with van der Waals surface area (Å²) in [5.74, 6) is 0.762. The van der Waals surface area contributed by atoms with Gasteiger partial charge in [0, 0.05) is 18.0 Å². The van der Waals surface area contributed by atoms with Gasteiger partial charge in [0.25, 0.3) is 5.91 Å². The number of methoxy groups -OCH3 is 1. The molecule has 1 saturated heterocycles. The Labute approximate surface area is 156 Å². The molecule has 2 aromatic rings. The van der Waals surface area contributed by atoms with Gasteiger partial charge in [-0.2, -0.15) is 5.10 Å². The molecule has 26 heavy (non-hydrogen) atoms. The molecule has 1 aliphatic rings. The number of hydrogen-bond acceptors (Lipinski definition) is 7. The maximum absolute atomic E-state index is 11.8. The molecule has 2 heterocycles. The Balaban J connectivity index is 1.46. The van der Waals surface area contributed by atoms with Crippen LogP contribution < -0.4 is 19.8 Å². The molecule has 1 fully saturated rings. The Hall–Kier alpha value is -2.58. The number of hydrogen-bond donors (Lipinski definition) is 1. The van der Waals surface area contributed by atoms with E-state index in [4.69, 9.17) is 14.2 Å². The summed E-state index contributed by atoms with van der Waals surface area (Å²) in [4.78, 5) is 15.1. The lowest BCUT2D eigenvalue weighted by atomic mass is 10.3. The van der Waals surface area contributed by atoms with Gasteiger partial charge in [-0.3, -0.25) is 4.79 Å². The van der Waals surface area contributed by atoms with E-state index >= 15 is 0 Å². The predicted molar refractivity (Wildman–Crippen MR) is 102 cm³/mol. The van der Waals surface area contributed by atoms with Gasteiger partial charge in [-0.05, 0) is 24.3 Å². The Morgan fingerprint density at radius 2 is 2.04 bits per heavy atom. The smallest absolute Gasteiger partial charge is 0.277 e. The minimum atomic E-state index is -0.336. The SMILES string of the molecule is COc1ccccc1OCC(=O)N/N=C\c1ccc(N2CCOCC2)s1. The largest absolute Gasteiger partial charge is 0.493 e. The second kappa shape index (κ2) is 9.21. The van der Waals surface area contributed by atoms with Gasteiger partial charge < -0.3 is 19.1 Å². The van der Waals surface area contributed by atoms with Crippen molar-refractivity contribution >= 4 is 28.5 Å². The van der Waals surface area contributed by atoms with Crippen LogP contribution in [0.1, 0.15) is 4.88 Å². The number of nitrogens with zero attached hydrogens (tertiary/aromatic N) is 2. The zero-order valence-electron chi connectivity index (χ0n) is 14.5. The number of ether oxygens (including phenoxy) is 3. The zero-order chi connectivity index (χ0) is 18.2. The molecule has 1 aromatic carbocycles. The highest BCUT2D eigenvalue weighted by molar-refractivity contribution is 7.17. The number of nitrogens with one attached hydrogen (secondary N) is 1. The number of anilines is 1. The number of morpholine rings is 1. The third-order valence-electron chi connectivity index (χ3n) is 3.74. The number of para-hydroxylation sites is 2. The highest BCUT2D eigenvalue weighted by Gasteiger charge is 2.12. The number of carbonyl (C=O) groups excluding carboxylic acids is 1. The fourth-order valence-corrected chi connectivity index (χ4v) is 3.38. The number of rotatable bonds is 7. The number of amides is 1. The molecule has 0 aliphatic carbocycles. The lowest BCUT2D eigenvalue weighted by Crippen LogP contribution is -2.35. The van der Waals surface area contributed by atoms with Gasteiger partial charge in [0.1, 0.15) is 0 Å². The first kappa shape index (κ1) is 18.2. The number of hydrazone groups is 1. The Kier molecular flexibility index (Phi) is 6.45. The van der Waals surface area contributed by atoms with Crippen molar-refractivity contribution in [3.8, 4) is 11.5 Å². The molecule has 1 aliphatic heterocycles. The molecule has 3 rings (SSSR count). The molecule has 0 atom stereocenters. The van der Waals surface area contributed by atoms with E-state index in [1.807, 2.05) is 18.2 Å². The third kappa shape index (κ3) is 4.96. The minimum Gasteiger partial charge on any atom is -0.493 e. The number of thiophene rings is 1. The molecule has 7 nitrogen and oxygen atoms in total. The van der Waals surface area contributed by atoms with E-state index in [0.29, 0.717) is 11.5 Å². The van der Waals surface area contributed by atoms with Crippen molar-refractivity contribution < 1.29 is 19.0 Å². The molecule has 0 radical (unpaired) electrons. The van der Waals surface area contributed by atoms with Crippen molar-refractivity contribution in [2.45, 2.75) is 0 Å². The van der Waals surface area contributed by atoms with Gasteiger partial charge in [0.05, 0.1) is 31.5 Å². The van der Waals surface area contributed by atoms with Crippen molar-refractivity contribution in [2.75, 3.05) is 44.9 Å². The third-order valence-corrected chi connectivity index (χ3v) is 4.82. The predicted octanol–water partition coefficient (Wildman–Crippen LogP) is 2.12. The Morgan fingerprint density at radius 1 is 1.27 bits per heavy atom. The molecule has 1 N–H and O–H groups in total. The van der Waals surface area contributed by atoms with E-state index < -0.39 is 0 Å². The normalized spacial score (nSPS) is 14.4. The van der Waals surface area contributed by atoms with Gasteiger partial charge in [-0.15, -0.1) is 11.3 Å². The van der Waals surface area contributed by atoms with Gasteiger partial charge in [0.15, 0.2) is 18.1 Å². The van der Waals surface area contributed by atoms with Crippen molar-refractivity contribution in [1.82, 2.24) is 5.43 Å². The maximum Gasteiger partial charge on any atom is 0.277 e. The summed E-state index contributed by atoms with van der Waals surface area (Å²) in [6, 6.07) is 11.2. The number of benzene rings is 1. The summed E-state index contributed by atoms with van der Waals surface area (Å²) in [6.07, 6.45) is 1.63. The zero-order valence-corrected chi connectivity index (χ0v) is 15.3. The minimum absolute atomic E-state index is 0.138. The van der Waals surface area contributed by atoms with Crippen LogP contribution in [0.3, 0.4) is 0 Å². The van der Waals surface area contributed by atoms with Gasteiger partial charge in [0.2, 0.25) is 0 Å². The summed E-state index contributed by atoms with van der Waals surface area (Å²) < 4.78 is 16.0. The fraction of sp³-hybridized carbons (Fsp3) is 0.333. The summed E-state index contributed by atoms with van der Waals surface area (Å²) in [7, 11) is 1.55. The van der Waals surface area contributed by atoms with E-state index in [2.05, 4.69) is 21.5 Å². The highest BCUT2D eigenvalue weighted by atomic mass is 32.1. The molecule has 1 amide bonds. The van der Waals surface area contributed by atoms with E-state index in [1.54, 1.807) is 36.8 Å². The summed E-state index contributed by atoms with van der Waals surface area (Å²) in [5.41, 5.74) is 2.47. The standard InChI is InChI=1S/C18H21N3O4S/c1-23-15-4-2-3-5-16(15)25-13-17(22)20-19-12-14-6-7-18(26-14)21-8-10-24-11-9-21/h2-7,12H,8-11,13H2,1H3,(H,20,22)/b19-12-. The van der Waals surface area contributed by atoms with Crippen LogP contribution in [0.25, 0.3) is 0 Å². The quantitative estimate of drug-likeness (QED) is 0.593. The monoisotopic (exact) mass is 375 g/mol. The second-order valence-electron chi connectivity index (χ2n) is 5.51. The van der Waals surface area contributed by atoms with Crippen LogP contribution in [0.5, 0.6) is 11.5 Å². The van der Waals surface area contributed by atoms with Crippen molar-refractivity contribution in [1.29, 1.82) is 0 Å². The van der Waals surface area contributed by atoms with Crippen LogP contribution in [-0.4, -0.2) is 52.1 Å². The van der Waals surface area contributed by atoms with Crippen LogP contribution in [0, 0.1) is 0 Å². The first-order valence-corrected chi connectivity index (χ1v) is 9.08. The van der Waals surface area contributed by atoms with Crippen molar-refractivity contribution in [3.05, 3.63) is 41.3 Å². The van der Waals surface area contributed by atoms with Crippen molar-refractivity contribution in [3.63, 3.8) is 0 Å². The summed E-state index contributed by atoms with van der Waals surface area (Å²) in [5, 5.41) is 5.17. The fourth-order valence-electron chi connectivity index (χ4n) is 2.45. The van der Waals surface area contributed by atoms with Crippen LogP contribution in [0.15, 0.2) is 41.5 Å². The lowest BCUT2D eigenvalue weighted by molar-refractivity contribution is -0.123. The van der Waals surface area contributed by atoms with Crippen LogP contribution in [-0.2, 0) is 9.53 Å². The van der Waals surface area contributed by atoms with Crippen LogP contribution in [0.2, 0.25) is 0 Å². The first-order chi connectivity index (χ1) is 12.8. The molecular formula is C18H21N3O4S. The molecule has 138 valence electrons. The molecular weight excluding hydrogens is 354 g/mol. The van der Waals surface area contributed by atoms with Crippen molar-refractivity contribution in [2.24, 2.45) is 5.10 Å². The van der Waals surface area contributed by atoms with E-state index in [0.717, 1.165) is 31.2 Å². The Bertz CT molecular complexity index is 756. The molecule has 0 unspecified atom stereocenters. The molecule has 0 bridgehead atoms. The second-order valence-corrected chi connectivity index (χ2v) is 6.60. The van der Waals surface area contributed by atoms with Gasteiger partial charge in [-0.1, -0.05) is 12.1 Å². The lowest BCUT2D eigenvalue weighted by Gasteiger charge is -2.27. The molecule has 8 heteroatoms. The molecule has 1 aromatic heterocycles. The highest BCUT2D eigenvalue weighted by Crippen LogP contribution is 2.26.